The third kappa shape index (κ3) is 4.50. The lowest BCUT2D eigenvalue weighted by molar-refractivity contribution is -0.118. The van der Waals surface area contributed by atoms with E-state index in [0.29, 0.717) is 17.7 Å². The minimum absolute atomic E-state index is 0.277. The maximum absolute atomic E-state index is 13.0. The summed E-state index contributed by atoms with van der Waals surface area (Å²) in [7, 11) is 0. The number of aromatic nitrogens is 2. The van der Waals surface area contributed by atoms with Gasteiger partial charge < -0.3 is 10.6 Å². The molecule has 144 valence electrons. The van der Waals surface area contributed by atoms with Crippen LogP contribution < -0.4 is 10.6 Å². The topological polar surface area (TPSA) is 86.9 Å². The second-order valence-corrected chi connectivity index (χ2v) is 6.74. The van der Waals surface area contributed by atoms with Crippen LogP contribution in [0.4, 0.5) is 5.69 Å². The fourth-order valence-electron chi connectivity index (χ4n) is 3.14. The monoisotopic (exact) mass is 384 g/mol. The molecule has 4 rings (SSSR count). The first kappa shape index (κ1) is 18.4. The van der Waals surface area contributed by atoms with Gasteiger partial charge in [0.25, 0.3) is 5.91 Å². The molecule has 6 nitrogen and oxygen atoms in total. The van der Waals surface area contributed by atoms with Crippen LogP contribution in [0, 0.1) is 0 Å². The molecular weight excluding hydrogens is 364 g/mol. The molecule has 0 aliphatic heterocycles. The van der Waals surface area contributed by atoms with Crippen molar-refractivity contribution in [3.05, 3.63) is 96.2 Å². The van der Waals surface area contributed by atoms with Crippen LogP contribution in [0.2, 0.25) is 0 Å². The Hall–Kier alpha value is -3.93. The number of amides is 2. The van der Waals surface area contributed by atoms with Crippen molar-refractivity contribution in [2.75, 3.05) is 5.32 Å². The second-order valence-electron chi connectivity index (χ2n) is 6.74. The first-order valence-corrected chi connectivity index (χ1v) is 9.33. The molecule has 3 N–H and O–H groups in total. The van der Waals surface area contributed by atoms with E-state index in [0.717, 1.165) is 16.5 Å². The molecule has 0 saturated heterocycles. The molecule has 0 unspecified atom stereocenters. The SMILES string of the molecule is O=C(N[C@@H](Cc1ccccc1)C(=O)Nc1ccc2[nH]ncc2c1)c1ccccc1. The molecule has 29 heavy (non-hydrogen) atoms. The van der Waals surface area contributed by atoms with Gasteiger partial charge in [0.15, 0.2) is 0 Å². The number of carbonyl (C=O) groups is 2. The predicted molar refractivity (Wildman–Crippen MR) is 113 cm³/mol. The summed E-state index contributed by atoms with van der Waals surface area (Å²) >= 11 is 0. The number of benzene rings is 3. The van der Waals surface area contributed by atoms with Crippen LogP contribution in [0.1, 0.15) is 15.9 Å². The van der Waals surface area contributed by atoms with E-state index in [4.69, 9.17) is 0 Å². The van der Waals surface area contributed by atoms with Crippen LogP contribution in [-0.2, 0) is 11.2 Å². The largest absolute Gasteiger partial charge is 0.340 e. The van der Waals surface area contributed by atoms with Gasteiger partial charge in [-0.3, -0.25) is 14.7 Å². The van der Waals surface area contributed by atoms with Crippen molar-refractivity contribution in [1.82, 2.24) is 15.5 Å². The molecule has 0 bridgehead atoms. The van der Waals surface area contributed by atoms with Gasteiger partial charge in [0.1, 0.15) is 6.04 Å². The minimum Gasteiger partial charge on any atom is -0.340 e. The van der Waals surface area contributed by atoms with Gasteiger partial charge in [0.2, 0.25) is 5.91 Å². The van der Waals surface area contributed by atoms with Crippen molar-refractivity contribution >= 4 is 28.4 Å². The molecule has 2 amide bonds. The molecule has 4 aromatic rings. The van der Waals surface area contributed by atoms with Gasteiger partial charge in [-0.1, -0.05) is 48.5 Å². The second kappa shape index (κ2) is 8.39. The van der Waals surface area contributed by atoms with Crippen molar-refractivity contribution < 1.29 is 9.59 Å². The van der Waals surface area contributed by atoms with E-state index in [9.17, 15) is 9.59 Å². The molecule has 1 atom stereocenters. The summed E-state index contributed by atoms with van der Waals surface area (Å²) in [6, 6.07) is 23.3. The standard InChI is InChI=1S/C23H20N4O2/c28-22(17-9-5-2-6-10-17)26-21(13-16-7-3-1-4-8-16)23(29)25-19-11-12-20-18(14-19)15-24-27-20/h1-12,14-15,21H,13H2,(H,24,27)(H,25,29)(H,26,28)/t21-/m0/s1. The third-order valence-electron chi connectivity index (χ3n) is 4.65. The highest BCUT2D eigenvalue weighted by Gasteiger charge is 2.22. The lowest BCUT2D eigenvalue weighted by atomic mass is 10.0. The summed E-state index contributed by atoms with van der Waals surface area (Å²) in [5.41, 5.74) is 3.02. The number of aromatic amines is 1. The molecule has 1 heterocycles. The van der Waals surface area contributed by atoms with E-state index in [1.807, 2.05) is 48.5 Å². The smallest absolute Gasteiger partial charge is 0.251 e. The number of anilines is 1. The maximum Gasteiger partial charge on any atom is 0.251 e. The Morgan fingerprint density at radius 1 is 0.931 bits per heavy atom. The fourth-order valence-corrected chi connectivity index (χ4v) is 3.14. The number of hydrogen-bond donors (Lipinski definition) is 3. The summed E-state index contributed by atoms with van der Waals surface area (Å²) in [4.78, 5) is 25.6. The summed E-state index contributed by atoms with van der Waals surface area (Å²) in [5.74, 6) is -0.562. The molecule has 0 fully saturated rings. The number of carbonyl (C=O) groups excluding carboxylic acids is 2. The highest BCUT2D eigenvalue weighted by molar-refractivity contribution is 6.02. The summed E-state index contributed by atoms with van der Waals surface area (Å²) < 4.78 is 0. The molecule has 0 aliphatic rings. The average Bonchev–Trinajstić information content (AvgIpc) is 3.22. The minimum atomic E-state index is -0.717. The highest BCUT2D eigenvalue weighted by Crippen LogP contribution is 2.17. The van der Waals surface area contributed by atoms with Crippen molar-refractivity contribution in [3.63, 3.8) is 0 Å². The first-order valence-electron chi connectivity index (χ1n) is 9.33. The molecule has 0 radical (unpaired) electrons. The zero-order valence-corrected chi connectivity index (χ0v) is 15.6. The van der Waals surface area contributed by atoms with Gasteiger partial charge >= 0.3 is 0 Å². The van der Waals surface area contributed by atoms with Crippen molar-refractivity contribution in [1.29, 1.82) is 0 Å². The number of fused-ring (bicyclic) bond motifs is 1. The number of H-pyrrole nitrogens is 1. The van der Waals surface area contributed by atoms with Crippen molar-refractivity contribution in [2.45, 2.75) is 12.5 Å². The number of rotatable bonds is 6. The number of hydrogen-bond acceptors (Lipinski definition) is 3. The Morgan fingerprint density at radius 2 is 1.66 bits per heavy atom. The molecule has 3 aromatic carbocycles. The molecule has 1 aromatic heterocycles. The van der Waals surface area contributed by atoms with E-state index >= 15 is 0 Å². The number of nitrogens with one attached hydrogen (secondary N) is 3. The summed E-state index contributed by atoms with van der Waals surface area (Å²) in [5, 5.41) is 13.5. The normalized spacial score (nSPS) is 11.7. The molecule has 0 aliphatic carbocycles. The van der Waals surface area contributed by atoms with Crippen molar-refractivity contribution in [2.24, 2.45) is 0 Å². The lowest BCUT2D eigenvalue weighted by Gasteiger charge is -2.19. The fraction of sp³-hybridized carbons (Fsp3) is 0.0870. The van der Waals surface area contributed by atoms with Gasteiger partial charge in [-0.25, -0.2) is 0 Å². The van der Waals surface area contributed by atoms with Gasteiger partial charge in [0, 0.05) is 23.1 Å². The van der Waals surface area contributed by atoms with Gasteiger partial charge in [-0.2, -0.15) is 5.10 Å². The van der Waals surface area contributed by atoms with Gasteiger partial charge in [0.05, 0.1) is 11.7 Å². The van der Waals surface area contributed by atoms with E-state index in [1.165, 1.54) is 0 Å². The molecule has 0 saturated carbocycles. The summed E-state index contributed by atoms with van der Waals surface area (Å²) in [6.45, 7) is 0. The zero-order chi connectivity index (χ0) is 20.1. The summed E-state index contributed by atoms with van der Waals surface area (Å²) in [6.07, 6.45) is 2.09. The van der Waals surface area contributed by atoms with Crippen LogP contribution in [0.15, 0.2) is 85.1 Å². The maximum atomic E-state index is 13.0. The Morgan fingerprint density at radius 3 is 2.41 bits per heavy atom. The van der Waals surface area contributed by atoms with Crippen LogP contribution in [-0.4, -0.2) is 28.1 Å². The van der Waals surface area contributed by atoms with Crippen LogP contribution >= 0.6 is 0 Å². The van der Waals surface area contributed by atoms with Crippen LogP contribution in [0.25, 0.3) is 10.9 Å². The van der Waals surface area contributed by atoms with E-state index in [1.54, 1.807) is 36.5 Å². The zero-order valence-electron chi connectivity index (χ0n) is 15.6. The Balaban J connectivity index is 1.54. The van der Waals surface area contributed by atoms with Crippen LogP contribution in [0.3, 0.4) is 0 Å². The molecule has 6 heteroatoms. The van der Waals surface area contributed by atoms with Crippen molar-refractivity contribution in [3.8, 4) is 0 Å². The van der Waals surface area contributed by atoms with E-state index < -0.39 is 6.04 Å². The van der Waals surface area contributed by atoms with E-state index in [2.05, 4.69) is 20.8 Å². The Labute approximate surface area is 168 Å². The average molecular weight is 384 g/mol. The van der Waals surface area contributed by atoms with Gasteiger partial charge in [-0.05, 0) is 35.9 Å². The Bertz CT molecular complexity index is 1120. The molecular formula is C23H20N4O2. The van der Waals surface area contributed by atoms with E-state index in [-0.39, 0.29) is 11.8 Å². The predicted octanol–water partition coefficient (Wildman–Crippen LogP) is 3.54. The Kier molecular flexibility index (Phi) is 5.33. The van der Waals surface area contributed by atoms with Crippen LogP contribution in [0.5, 0.6) is 0 Å². The third-order valence-corrected chi connectivity index (χ3v) is 4.65. The lowest BCUT2D eigenvalue weighted by Crippen LogP contribution is -2.45. The number of nitrogens with zero attached hydrogens (tertiary/aromatic N) is 1. The van der Waals surface area contributed by atoms with Gasteiger partial charge in [-0.15, -0.1) is 0 Å². The first-order chi connectivity index (χ1) is 14.2. The quantitative estimate of drug-likeness (QED) is 0.475. The molecule has 0 spiro atoms. The highest BCUT2D eigenvalue weighted by atomic mass is 16.2.